The molecule has 0 saturated carbocycles. The molecule has 2 aromatic rings. The Morgan fingerprint density at radius 3 is 2.57 bits per heavy atom. The summed E-state index contributed by atoms with van der Waals surface area (Å²) >= 11 is 0. The van der Waals surface area contributed by atoms with Crippen molar-refractivity contribution in [3.63, 3.8) is 0 Å². The monoisotopic (exact) mass is 405 g/mol. The Bertz CT molecular complexity index is 1230. The molecular formula is C22H19N3O5. The number of fused-ring (bicyclic) bond motifs is 1. The van der Waals surface area contributed by atoms with Gasteiger partial charge in [0.15, 0.2) is 0 Å². The molecule has 4 rings (SSSR count). The van der Waals surface area contributed by atoms with Crippen molar-refractivity contribution >= 4 is 5.97 Å². The Balaban J connectivity index is 1.77. The van der Waals surface area contributed by atoms with Gasteiger partial charge in [-0.25, -0.2) is 9.89 Å². The SMILES string of the molecule is COC(=O)c1cn(-c2cccc([C@@H](O)c3ccc(OC)cc3)c2)cc2c(=O)[nH]nc1-2. The first-order chi connectivity index (χ1) is 14.5. The molecule has 0 unspecified atom stereocenters. The standard InChI is InChI=1S/C22H19N3O5/c1-29-16-8-6-13(7-9-16)20(26)14-4-3-5-15(10-14)25-11-17-19(23-24-21(17)27)18(12-25)22(28)30-2/h3-12,20,26H,1-2H3,(H,24,27)/t20-/m0/s1. The zero-order chi connectivity index (χ0) is 21.3. The third kappa shape index (κ3) is 3.44. The van der Waals surface area contributed by atoms with Gasteiger partial charge in [-0.2, -0.15) is 5.10 Å². The van der Waals surface area contributed by atoms with Gasteiger partial charge in [0.05, 0.1) is 19.8 Å². The number of aliphatic hydroxyl groups is 1. The summed E-state index contributed by atoms with van der Waals surface area (Å²) in [7, 11) is 2.85. The van der Waals surface area contributed by atoms with Crippen molar-refractivity contribution < 1.29 is 19.4 Å². The lowest BCUT2D eigenvalue weighted by molar-refractivity contribution is 0.0600. The van der Waals surface area contributed by atoms with Crippen LogP contribution in [0.4, 0.5) is 0 Å². The number of carbonyl (C=O) groups is 1. The highest BCUT2D eigenvalue weighted by molar-refractivity contribution is 5.96. The van der Waals surface area contributed by atoms with Gasteiger partial charge in [-0.05, 0) is 35.4 Å². The molecule has 8 nitrogen and oxygen atoms in total. The number of aliphatic hydroxyl groups excluding tert-OH is 1. The van der Waals surface area contributed by atoms with Crippen molar-refractivity contribution in [2.75, 3.05) is 14.2 Å². The molecule has 0 fully saturated rings. The minimum absolute atomic E-state index is 0.162. The lowest BCUT2D eigenvalue weighted by Gasteiger charge is -2.16. The normalized spacial score (nSPS) is 12.0. The fourth-order valence-corrected chi connectivity index (χ4v) is 3.28. The molecule has 152 valence electrons. The molecule has 0 spiro atoms. The van der Waals surface area contributed by atoms with E-state index in [0.29, 0.717) is 22.6 Å². The predicted octanol–water partition coefficient (Wildman–Crippen LogP) is 2.54. The Hall–Kier alpha value is -3.91. The van der Waals surface area contributed by atoms with E-state index in [1.807, 2.05) is 6.07 Å². The third-order valence-electron chi connectivity index (χ3n) is 4.88. The number of ether oxygens (including phenoxy) is 2. The molecule has 2 aliphatic heterocycles. The van der Waals surface area contributed by atoms with E-state index in [0.717, 1.165) is 0 Å². The highest BCUT2D eigenvalue weighted by atomic mass is 16.5. The molecule has 8 heteroatoms. The van der Waals surface area contributed by atoms with Crippen molar-refractivity contribution in [3.8, 4) is 22.7 Å². The van der Waals surface area contributed by atoms with E-state index in [1.54, 1.807) is 66.5 Å². The first kappa shape index (κ1) is 19.4. The molecule has 0 radical (unpaired) electrons. The molecule has 30 heavy (non-hydrogen) atoms. The molecule has 2 aromatic carbocycles. The lowest BCUT2D eigenvalue weighted by atomic mass is 10.0. The number of rotatable bonds is 5. The highest BCUT2D eigenvalue weighted by Gasteiger charge is 2.22. The number of pyridine rings is 1. The molecule has 0 saturated heterocycles. The van der Waals surface area contributed by atoms with Crippen LogP contribution in [0, 0.1) is 0 Å². The van der Waals surface area contributed by atoms with Gasteiger partial charge in [-0.15, -0.1) is 0 Å². The number of hydrogen-bond donors (Lipinski definition) is 2. The maximum atomic E-state index is 12.2. The van der Waals surface area contributed by atoms with Crippen LogP contribution in [0.15, 0.2) is 65.7 Å². The van der Waals surface area contributed by atoms with Gasteiger partial charge in [0.2, 0.25) is 0 Å². The number of methoxy groups -OCH3 is 2. The first-order valence-electron chi connectivity index (χ1n) is 9.13. The minimum Gasteiger partial charge on any atom is -0.497 e. The summed E-state index contributed by atoms with van der Waals surface area (Å²) in [6.45, 7) is 0. The number of esters is 1. The van der Waals surface area contributed by atoms with Gasteiger partial charge < -0.3 is 19.1 Å². The number of carbonyl (C=O) groups excluding carboxylic acids is 1. The highest BCUT2D eigenvalue weighted by Crippen LogP contribution is 2.27. The number of benzene rings is 2. The quantitative estimate of drug-likeness (QED) is 0.494. The van der Waals surface area contributed by atoms with E-state index in [2.05, 4.69) is 10.2 Å². The molecule has 2 aliphatic rings. The van der Waals surface area contributed by atoms with Gasteiger partial charge in [-0.3, -0.25) is 4.79 Å². The van der Waals surface area contributed by atoms with Crippen LogP contribution in [0.5, 0.6) is 5.75 Å². The Kier molecular flexibility index (Phi) is 5.07. The number of nitrogens with zero attached hydrogens (tertiary/aromatic N) is 2. The van der Waals surface area contributed by atoms with Gasteiger partial charge in [0.25, 0.3) is 5.56 Å². The van der Waals surface area contributed by atoms with E-state index >= 15 is 0 Å². The van der Waals surface area contributed by atoms with Crippen LogP contribution in [0.1, 0.15) is 27.6 Å². The molecule has 0 aliphatic carbocycles. The summed E-state index contributed by atoms with van der Waals surface area (Å²) < 4.78 is 11.6. The second-order valence-corrected chi connectivity index (χ2v) is 6.66. The fourth-order valence-electron chi connectivity index (χ4n) is 3.28. The van der Waals surface area contributed by atoms with E-state index in [1.165, 1.54) is 7.11 Å². The van der Waals surface area contributed by atoms with E-state index in [4.69, 9.17) is 9.47 Å². The van der Waals surface area contributed by atoms with Gasteiger partial charge in [0.1, 0.15) is 23.1 Å². The fraction of sp³-hybridized carbons (Fsp3) is 0.136. The number of aromatic amines is 1. The third-order valence-corrected chi connectivity index (χ3v) is 4.88. The first-order valence-corrected chi connectivity index (χ1v) is 9.13. The van der Waals surface area contributed by atoms with E-state index < -0.39 is 17.6 Å². The second-order valence-electron chi connectivity index (χ2n) is 6.66. The molecule has 0 aromatic heterocycles. The average molecular weight is 405 g/mol. The minimum atomic E-state index is -0.857. The number of H-pyrrole nitrogens is 1. The second kappa shape index (κ2) is 7.84. The summed E-state index contributed by atoms with van der Waals surface area (Å²) in [4.78, 5) is 24.3. The van der Waals surface area contributed by atoms with Gasteiger partial charge >= 0.3 is 5.97 Å². The van der Waals surface area contributed by atoms with E-state index in [9.17, 15) is 14.7 Å². The summed E-state index contributed by atoms with van der Waals surface area (Å²) in [6.07, 6.45) is 2.28. The van der Waals surface area contributed by atoms with Crippen LogP contribution < -0.4 is 10.3 Å². The molecule has 0 amide bonds. The van der Waals surface area contributed by atoms with Gasteiger partial charge in [-0.1, -0.05) is 24.3 Å². The van der Waals surface area contributed by atoms with Crippen LogP contribution in [0.25, 0.3) is 16.9 Å². The molecule has 0 bridgehead atoms. The molecule has 1 atom stereocenters. The van der Waals surface area contributed by atoms with Crippen LogP contribution in [-0.2, 0) is 4.74 Å². The molecule has 2 heterocycles. The van der Waals surface area contributed by atoms with Crippen LogP contribution in [0.2, 0.25) is 0 Å². The van der Waals surface area contributed by atoms with Gasteiger partial charge in [0, 0.05) is 18.1 Å². The van der Waals surface area contributed by atoms with Crippen molar-refractivity contribution in [1.29, 1.82) is 0 Å². The number of hydrogen-bond acceptors (Lipinski definition) is 6. The molecular weight excluding hydrogens is 386 g/mol. The summed E-state index contributed by atoms with van der Waals surface area (Å²) in [5.41, 5.74) is 2.29. The summed E-state index contributed by atoms with van der Waals surface area (Å²) in [5, 5.41) is 17.1. The van der Waals surface area contributed by atoms with Crippen LogP contribution >= 0.6 is 0 Å². The lowest BCUT2D eigenvalue weighted by Crippen LogP contribution is -2.11. The zero-order valence-electron chi connectivity index (χ0n) is 16.3. The van der Waals surface area contributed by atoms with Crippen molar-refractivity contribution in [1.82, 2.24) is 14.8 Å². The Labute approximate surface area is 171 Å². The topological polar surface area (TPSA) is 106 Å². The van der Waals surface area contributed by atoms with Crippen molar-refractivity contribution in [3.05, 3.63) is 88.0 Å². The average Bonchev–Trinajstić information content (AvgIpc) is 3.18. The maximum Gasteiger partial charge on any atom is 0.341 e. The number of nitrogens with one attached hydrogen (secondary N) is 1. The zero-order valence-corrected chi connectivity index (χ0v) is 16.3. The number of aromatic nitrogens is 3. The summed E-state index contributed by atoms with van der Waals surface area (Å²) in [6, 6.07) is 14.3. The van der Waals surface area contributed by atoms with Crippen molar-refractivity contribution in [2.45, 2.75) is 6.10 Å². The van der Waals surface area contributed by atoms with Crippen LogP contribution in [0.3, 0.4) is 0 Å². The maximum absolute atomic E-state index is 12.2. The summed E-state index contributed by atoms with van der Waals surface area (Å²) in [5.74, 6) is 0.0997. The largest absolute Gasteiger partial charge is 0.497 e. The van der Waals surface area contributed by atoms with Crippen LogP contribution in [-0.4, -0.2) is 40.1 Å². The molecule has 2 N–H and O–H groups in total. The Morgan fingerprint density at radius 2 is 1.87 bits per heavy atom. The van der Waals surface area contributed by atoms with E-state index in [-0.39, 0.29) is 16.8 Å². The smallest absolute Gasteiger partial charge is 0.341 e. The predicted molar refractivity (Wildman–Crippen MR) is 109 cm³/mol. The van der Waals surface area contributed by atoms with Crippen molar-refractivity contribution in [2.24, 2.45) is 0 Å². The Morgan fingerprint density at radius 1 is 1.10 bits per heavy atom.